The Labute approximate surface area is 259 Å². The zero-order valence-electron chi connectivity index (χ0n) is 24.3. The lowest BCUT2D eigenvalue weighted by Gasteiger charge is -2.22. The monoisotopic (exact) mass is 671 g/mol. The molecule has 234 valence electrons. The third-order valence-corrected chi connectivity index (χ3v) is 10.3. The number of rotatable bonds is 14. The molecule has 0 aliphatic carbocycles. The number of amides is 1. The Morgan fingerprint density at radius 1 is 1.19 bits per heavy atom. The van der Waals surface area contributed by atoms with Gasteiger partial charge in [0.15, 0.2) is 20.0 Å². The Hall–Kier alpha value is -2.52. The minimum Gasteiger partial charge on any atom is -0.488 e. The molecule has 0 saturated carbocycles. The smallest absolute Gasteiger partial charge is 0.336 e. The maximum Gasteiger partial charge on any atom is 0.336 e. The van der Waals surface area contributed by atoms with E-state index in [0.29, 0.717) is 55.1 Å². The predicted molar refractivity (Wildman–Crippen MR) is 166 cm³/mol. The van der Waals surface area contributed by atoms with Gasteiger partial charge in [-0.25, -0.2) is 18.4 Å². The molecule has 1 atom stereocenters. The zero-order valence-corrected chi connectivity index (χ0v) is 27.6. The van der Waals surface area contributed by atoms with Gasteiger partial charge < -0.3 is 23.3 Å². The Bertz CT molecular complexity index is 1540. The van der Waals surface area contributed by atoms with E-state index in [9.17, 15) is 17.8 Å². The number of pyridine rings is 1. The molecule has 1 amide bonds. The van der Waals surface area contributed by atoms with Gasteiger partial charge in [0.05, 0.1) is 43.8 Å². The molecule has 0 unspecified atom stereocenters. The summed E-state index contributed by atoms with van der Waals surface area (Å²) < 4.78 is 64.7. The van der Waals surface area contributed by atoms with Gasteiger partial charge in [0.25, 0.3) is 5.91 Å². The summed E-state index contributed by atoms with van der Waals surface area (Å²) in [4.78, 5) is 24.0. The summed E-state index contributed by atoms with van der Waals surface area (Å²) in [5.41, 5.74) is 0.790. The molecule has 0 spiro atoms. The largest absolute Gasteiger partial charge is 0.488 e. The fourth-order valence-electron chi connectivity index (χ4n) is 3.99. The van der Waals surface area contributed by atoms with E-state index in [-0.39, 0.29) is 40.3 Å². The number of ether oxygens (including phenoxy) is 3. The van der Waals surface area contributed by atoms with Crippen LogP contribution in [-0.4, -0.2) is 75.7 Å². The summed E-state index contributed by atoms with van der Waals surface area (Å²) >= 11 is 2.69. The molecule has 43 heavy (non-hydrogen) atoms. The minimum absolute atomic E-state index is 0.0240. The molecule has 1 fully saturated rings. The van der Waals surface area contributed by atoms with Crippen LogP contribution in [0.4, 0.5) is 5.13 Å². The van der Waals surface area contributed by atoms with E-state index < -0.39 is 17.4 Å². The lowest BCUT2D eigenvalue weighted by atomic mass is 10.1. The van der Waals surface area contributed by atoms with Gasteiger partial charge in [0.2, 0.25) is 0 Å². The number of carbonyl (C=O) groups is 1. The second-order valence-corrected chi connectivity index (χ2v) is 15.3. The Kier molecular flexibility index (Phi) is 11.6. The number of carbonyl (C=O) groups excluding carboxylic acids is 1. The number of hydrogen-bond acceptors (Lipinski definition) is 13. The van der Waals surface area contributed by atoms with Gasteiger partial charge >= 0.3 is 7.60 Å². The number of nitrogens with zero attached hydrogens (tertiary/aromatic N) is 3. The Morgan fingerprint density at radius 2 is 1.93 bits per heavy atom. The molecule has 1 aliphatic rings. The van der Waals surface area contributed by atoms with Crippen molar-refractivity contribution in [1.29, 1.82) is 0 Å². The lowest BCUT2D eigenvalue weighted by molar-refractivity contribution is 0.0784. The average molecular weight is 672 g/mol. The number of thioether (sulfide) groups is 1. The quantitative estimate of drug-likeness (QED) is 0.155. The molecule has 12 nitrogen and oxygen atoms in total. The van der Waals surface area contributed by atoms with Crippen molar-refractivity contribution in [3.63, 3.8) is 0 Å². The van der Waals surface area contributed by atoms with Crippen molar-refractivity contribution in [2.24, 2.45) is 0 Å². The fourth-order valence-corrected chi connectivity index (χ4v) is 7.70. The van der Waals surface area contributed by atoms with E-state index in [2.05, 4.69) is 9.97 Å². The molecule has 3 aromatic rings. The van der Waals surface area contributed by atoms with E-state index in [4.69, 9.17) is 23.3 Å². The van der Waals surface area contributed by atoms with Crippen molar-refractivity contribution in [3.05, 3.63) is 53.2 Å². The summed E-state index contributed by atoms with van der Waals surface area (Å²) in [6.07, 6.45) is 5.34. The maximum absolute atomic E-state index is 14.0. The topological polar surface area (TPSA) is 143 Å². The molecule has 1 aliphatic heterocycles. The molecule has 0 radical (unpaired) electrons. The van der Waals surface area contributed by atoms with Gasteiger partial charge in [0, 0.05) is 30.4 Å². The van der Waals surface area contributed by atoms with Gasteiger partial charge in [-0.1, -0.05) is 6.92 Å². The first-order valence-electron chi connectivity index (χ1n) is 13.3. The van der Waals surface area contributed by atoms with Crippen LogP contribution in [0.1, 0.15) is 35.8 Å². The highest BCUT2D eigenvalue weighted by Crippen LogP contribution is 2.53. The molecule has 2 aromatic heterocycles. The molecular formula is C27H34N3O9PS3. The number of hydrogen-bond donors (Lipinski definition) is 0. The third-order valence-electron chi connectivity index (χ3n) is 6.06. The van der Waals surface area contributed by atoms with Gasteiger partial charge in [0.1, 0.15) is 23.4 Å². The molecular weight excluding hydrogens is 637 g/mol. The summed E-state index contributed by atoms with van der Waals surface area (Å²) in [6, 6.07) is 7.67. The maximum atomic E-state index is 14.0. The van der Waals surface area contributed by atoms with E-state index in [1.807, 2.05) is 13.2 Å². The second-order valence-electron chi connectivity index (χ2n) is 9.56. The van der Waals surface area contributed by atoms with Crippen LogP contribution < -0.4 is 14.4 Å². The lowest BCUT2D eigenvalue weighted by Crippen LogP contribution is -2.30. The third kappa shape index (κ3) is 9.24. The van der Waals surface area contributed by atoms with Crippen molar-refractivity contribution in [1.82, 2.24) is 9.97 Å². The summed E-state index contributed by atoms with van der Waals surface area (Å²) in [5.74, 6) is 0.900. The van der Waals surface area contributed by atoms with Crippen LogP contribution in [-0.2, 0) is 34.3 Å². The number of anilines is 1. The standard InChI is InChI=1S/C27H34N3O9PS3/c1-5-21(15-35-2)38-23-11-19(12-24(13-23)39-22-7-8-25(28-14-22)43(4,33)34)26(31)30(18-41-3)27-29-20(17-42-27)16-40(32)36-9-6-10-37-40/h7-8,11-14,17,21H,5-6,9-10,15-16,18H2,1-4H3/t21-/m0/s1. The molecule has 1 saturated heterocycles. The number of methoxy groups -OCH3 is 1. The molecule has 16 heteroatoms. The Balaban J connectivity index is 1.64. The number of sulfone groups is 1. The van der Waals surface area contributed by atoms with Crippen LogP contribution in [0, 0.1) is 0 Å². The van der Waals surface area contributed by atoms with Crippen molar-refractivity contribution < 1.29 is 41.0 Å². The first-order valence-corrected chi connectivity index (χ1v) is 19.2. The molecule has 0 N–H and O–H groups in total. The van der Waals surface area contributed by atoms with Crippen LogP contribution in [0.25, 0.3) is 0 Å². The van der Waals surface area contributed by atoms with E-state index >= 15 is 0 Å². The van der Waals surface area contributed by atoms with Crippen LogP contribution in [0.2, 0.25) is 0 Å². The van der Waals surface area contributed by atoms with Gasteiger partial charge in [-0.15, -0.1) is 23.1 Å². The predicted octanol–water partition coefficient (Wildman–Crippen LogP) is 5.64. The van der Waals surface area contributed by atoms with Crippen molar-refractivity contribution >= 4 is 51.6 Å². The molecule has 0 bridgehead atoms. The van der Waals surface area contributed by atoms with Gasteiger partial charge in [-0.2, -0.15) is 0 Å². The number of benzene rings is 1. The normalized spacial score (nSPS) is 15.5. The van der Waals surface area contributed by atoms with Crippen LogP contribution in [0.3, 0.4) is 0 Å². The first-order chi connectivity index (χ1) is 20.5. The minimum atomic E-state index is -3.48. The van der Waals surface area contributed by atoms with Gasteiger partial charge in [-0.3, -0.25) is 14.3 Å². The van der Waals surface area contributed by atoms with Crippen molar-refractivity contribution in [2.45, 2.75) is 37.1 Å². The number of thiazole rings is 1. The van der Waals surface area contributed by atoms with Crippen LogP contribution in [0.15, 0.2) is 46.9 Å². The highest BCUT2D eigenvalue weighted by atomic mass is 32.2. The first kappa shape index (κ1) is 33.4. The SMILES string of the molecule is CC[C@@H](COC)Oc1cc(Oc2ccc(S(C)(=O)=O)nc2)cc(C(=O)N(CSC)c2nc(CP3(=O)OCCCO3)cs2)c1. The Morgan fingerprint density at radius 3 is 2.56 bits per heavy atom. The van der Waals surface area contributed by atoms with E-state index in [0.717, 1.165) is 6.26 Å². The van der Waals surface area contributed by atoms with E-state index in [1.54, 1.807) is 30.7 Å². The zero-order chi connectivity index (χ0) is 31.0. The van der Waals surface area contributed by atoms with Crippen LogP contribution in [0.5, 0.6) is 17.2 Å². The van der Waals surface area contributed by atoms with Crippen molar-refractivity contribution in [3.8, 4) is 17.2 Å². The van der Waals surface area contributed by atoms with Gasteiger partial charge in [-0.05, 0) is 43.4 Å². The molecule has 4 rings (SSSR count). The summed E-state index contributed by atoms with van der Waals surface area (Å²) in [5, 5.41) is 2.09. The van der Waals surface area contributed by atoms with Crippen LogP contribution >= 0.6 is 30.7 Å². The average Bonchev–Trinajstić information content (AvgIpc) is 3.42. The fraction of sp³-hybridized carbons (Fsp3) is 0.444. The second kappa shape index (κ2) is 15.0. The van der Waals surface area contributed by atoms with E-state index in [1.165, 1.54) is 46.3 Å². The molecule has 3 heterocycles. The number of aromatic nitrogens is 2. The molecule has 1 aromatic carbocycles. The summed E-state index contributed by atoms with van der Waals surface area (Å²) in [7, 11) is -5.17. The van der Waals surface area contributed by atoms with Crippen molar-refractivity contribution in [2.75, 3.05) is 50.2 Å². The highest BCUT2D eigenvalue weighted by Gasteiger charge is 2.30. The highest BCUT2D eigenvalue weighted by molar-refractivity contribution is 7.98. The summed E-state index contributed by atoms with van der Waals surface area (Å²) in [6.45, 7) is 3.05.